The van der Waals surface area contributed by atoms with E-state index in [0.717, 1.165) is 31.4 Å². The number of carbonyl (C=O) groups is 2. The number of rotatable bonds is 2. The van der Waals surface area contributed by atoms with Crippen LogP contribution in [0.25, 0.3) is 10.2 Å². The topological polar surface area (TPSA) is 62.3 Å². The molecular formula is C18H21N3O2S. The number of hydrogen-bond acceptors (Lipinski definition) is 4. The predicted octanol–water partition coefficient (Wildman–Crippen LogP) is 2.53. The van der Waals surface area contributed by atoms with Crippen LogP contribution < -0.4 is 5.32 Å². The molecule has 0 bridgehead atoms. The number of amides is 2. The number of hydrogen-bond donors (Lipinski definition) is 1. The van der Waals surface area contributed by atoms with Gasteiger partial charge in [-0.05, 0) is 31.4 Å². The van der Waals surface area contributed by atoms with Gasteiger partial charge in [-0.3, -0.25) is 9.59 Å². The van der Waals surface area contributed by atoms with Crippen LogP contribution in [0.15, 0.2) is 24.3 Å². The summed E-state index contributed by atoms with van der Waals surface area (Å²) in [5.74, 6) is 0.686. The molecule has 2 amide bonds. The zero-order valence-corrected chi connectivity index (χ0v) is 14.3. The summed E-state index contributed by atoms with van der Waals surface area (Å²) in [6.45, 7) is 2.09. The van der Waals surface area contributed by atoms with Crippen LogP contribution in [0.2, 0.25) is 0 Å². The van der Waals surface area contributed by atoms with E-state index in [1.54, 1.807) is 11.3 Å². The lowest BCUT2D eigenvalue weighted by Gasteiger charge is -2.34. The summed E-state index contributed by atoms with van der Waals surface area (Å²) in [6.07, 6.45) is 3.11. The summed E-state index contributed by atoms with van der Waals surface area (Å²) in [5.41, 5.74) is 1.08. The molecule has 4 rings (SSSR count). The van der Waals surface area contributed by atoms with Crippen LogP contribution in [-0.2, 0) is 9.59 Å². The second kappa shape index (κ2) is 6.51. The van der Waals surface area contributed by atoms with Crippen molar-refractivity contribution in [3.05, 3.63) is 29.3 Å². The molecule has 2 saturated heterocycles. The van der Waals surface area contributed by atoms with Crippen molar-refractivity contribution in [1.82, 2.24) is 15.2 Å². The quantitative estimate of drug-likeness (QED) is 0.911. The van der Waals surface area contributed by atoms with Crippen LogP contribution >= 0.6 is 11.3 Å². The van der Waals surface area contributed by atoms with Gasteiger partial charge in [0.15, 0.2) is 0 Å². The van der Waals surface area contributed by atoms with Gasteiger partial charge < -0.3 is 10.2 Å². The first-order valence-corrected chi connectivity index (χ1v) is 9.43. The maximum Gasteiger partial charge on any atom is 0.227 e. The summed E-state index contributed by atoms with van der Waals surface area (Å²) < 4.78 is 1.24. The van der Waals surface area contributed by atoms with Crippen LogP contribution in [0.3, 0.4) is 0 Å². The lowest BCUT2D eigenvalue weighted by atomic mass is 9.93. The molecule has 1 N–H and O–H groups in total. The number of likely N-dealkylation sites (tertiary alicyclic amines) is 1. The van der Waals surface area contributed by atoms with E-state index in [0.29, 0.717) is 25.3 Å². The Kier molecular flexibility index (Phi) is 4.22. The maximum absolute atomic E-state index is 12.6. The number of para-hydroxylation sites is 1. The molecule has 1 aromatic heterocycles. The van der Waals surface area contributed by atoms with Gasteiger partial charge in [-0.2, -0.15) is 0 Å². The Balaban J connectivity index is 1.37. The fourth-order valence-corrected chi connectivity index (χ4v) is 4.75. The van der Waals surface area contributed by atoms with Crippen molar-refractivity contribution < 1.29 is 9.59 Å². The van der Waals surface area contributed by atoms with Crippen molar-refractivity contribution in [2.45, 2.75) is 31.6 Å². The summed E-state index contributed by atoms with van der Waals surface area (Å²) in [6, 6.07) is 8.25. The molecular weight excluding hydrogens is 322 g/mol. The van der Waals surface area contributed by atoms with E-state index in [1.165, 1.54) is 9.71 Å². The number of carbonyl (C=O) groups excluding carboxylic acids is 2. The van der Waals surface area contributed by atoms with Gasteiger partial charge in [-0.1, -0.05) is 12.1 Å². The molecule has 1 aromatic carbocycles. The van der Waals surface area contributed by atoms with Gasteiger partial charge >= 0.3 is 0 Å². The molecule has 1 atom stereocenters. The highest BCUT2D eigenvalue weighted by Gasteiger charge is 2.31. The van der Waals surface area contributed by atoms with Crippen LogP contribution in [0.5, 0.6) is 0 Å². The van der Waals surface area contributed by atoms with E-state index in [2.05, 4.69) is 23.5 Å². The van der Waals surface area contributed by atoms with Gasteiger partial charge in [0.25, 0.3) is 0 Å². The number of aromatic nitrogens is 1. The molecule has 24 heavy (non-hydrogen) atoms. The van der Waals surface area contributed by atoms with Crippen LogP contribution in [-0.4, -0.2) is 41.3 Å². The van der Waals surface area contributed by atoms with Gasteiger partial charge in [0.1, 0.15) is 0 Å². The normalized spacial score (nSPS) is 22.6. The molecule has 2 aliphatic rings. The summed E-state index contributed by atoms with van der Waals surface area (Å²) in [5, 5.41) is 4.01. The number of thiazole rings is 1. The van der Waals surface area contributed by atoms with Crippen molar-refractivity contribution in [3.8, 4) is 0 Å². The van der Waals surface area contributed by atoms with E-state index >= 15 is 0 Å². The smallest absolute Gasteiger partial charge is 0.227 e. The molecule has 6 heteroatoms. The molecule has 126 valence electrons. The minimum atomic E-state index is -0.0401. The van der Waals surface area contributed by atoms with E-state index in [4.69, 9.17) is 4.98 Å². The number of nitrogens with zero attached hydrogens (tertiary/aromatic N) is 2. The van der Waals surface area contributed by atoms with Gasteiger partial charge in [0.2, 0.25) is 11.8 Å². The zero-order chi connectivity index (χ0) is 16.5. The fourth-order valence-electron chi connectivity index (χ4n) is 3.61. The largest absolute Gasteiger partial charge is 0.355 e. The fraction of sp³-hybridized carbons (Fsp3) is 0.500. The Bertz CT molecular complexity index is 721. The standard InChI is InChI=1S/C18H21N3O2S/c22-16-6-5-13(11-19-16)18(23)21-9-7-12(8-10-21)17-20-14-3-1-2-4-15(14)24-17/h1-4,12-13H,5-11H2,(H,19,22)/t13-/m0/s1. The highest BCUT2D eigenvalue weighted by atomic mass is 32.1. The Labute approximate surface area is 145 Å². The van der Waals surface area contributed by atoms with Gasteiger partial charge in [-0.25, -0.2) is 4.98 Å². The Morgan fingerprint density at radius 3 is 2.71 bits per heavy atom. The molecule has 0 aliphatic carbocycles. The van der Waals surface area contributed by atoms with Crippen molar-refractivity contribution in [2.75, 3.05) is 19.6 Å². The minimum Gasteiger partial charge on any atom is -0.355 e. The SMILES string of the molecule is O=C1CC[C@H](C(=O)N2CCC(c3nc4ccccc4s3)CC2)CN1. The van der Waals surface area contributed by atoms with Gasteiger partial charge in [0, 0.05) is 32.0 Å². The average molecular weight is 343 g/mol. The lowest BCUT2D eigenvalue weighted by molar-refractivity contribution is -0.138. The third-order valence-corrected chi connectivity index (χ3v) is 6.28. The van der Waals surface area contributed by atoms with Crippen molar-refractivity contribution in [2.24, 2.45) is 5.92 Å². The van der Waals surface area contributed by atoms with E-state index in [-0.39, 0.29) is 17.7 Å². The second-order valence-electron chi connectivity index (χ2n) is 6.66. The van der Waals surface area contributed by atoms with E-state index in [9.17, 15) is 9.59 Å². The molecule has 2 aromatic rings. The van der Waals surface area contributed by atoms with E-state index in [1.807, 2.05) is 11.0 Å². The number of nitrogens with one attached hydrogen (secondary N) is 1. The summed E-state index contributed by atoms with van der Waals surface area (Å²) in [7, 11) is 0. The van der Waals surface area contributed by atoms with E-state index < -0.39 is 0 Å². The molecule has 0 unspecified atom stereocenters. The molecule has 5 nitrogen and oxygen atoms in total. The van der Waals surface area contributed by atoms with Gasteiger partial charge in [-0.15, -0.1) is 11.3 Å². The third kappa shape index (κ3) is 3.02. The summed E-state index contributed by atoms with van der Waals surface area (Å²) >= 11 is 1.78. The zero-order valence-electron chi connectivity index (χ0n) is 13.5. The molecule has 3 heterocycles. The first kappa shape index (κ1) is 15.6. The lowest BCUT2D eigenvalue weighted by Crippen LogP contribution is -2.47. The highest BCUT2D eigenvalue weighted by molar-refractivity contribution is 7.18. The first-order valence-electron chi connectivity index (χ1n) is 8.61. The average Bonchev–Trinajstić information content (AvgIpc) is 3.06. The third-order valence-electron chi connectivity index (χ3n) is 5.08. The second-order valence-corrected chi connectivity index (χ2v) is 7.72. The summed E-state index contributed by atoms with van der Waals surface area (Å²) in [4.78, 5) is 30.6. The Morgan fingerprint density at radius 2 is 2.00 bits per heavy atom. The monoisotopic (exact) mass is 343 g/mol. The Hall–Kier alpha value is -1.95. The predicted molar refractivity (Wildman–Crippen MR) is 93.9 cm³/mol. The van der Waals surface area contributed by atoms with Crippen LogP contribution in [0.1, 0.15) is 36.6 Å². The first-order chi connectivity index (χ1) is 11.7. The minimum absolute atomic E-state index is 0.0401. The van der Waals surface area contributed by atoms with Crippen molar-refractivity contribution in [3.63, 3.8) is 0 Å². The number of piperidine rings is 2. The molecule has 0 saturated carbocycles. The van der Waals surface area contributed by atoms with Gasteiger partial charge in [0.05, 0.1) is 21.1 Å². The molecule has 0 radical (unpaired) electrons. The molecule has 2 aliphatic heterocycles. The van der Waals surface area contributed by atoms with Crippen molar-refractivity contribution in [1.29, 1.82) is 0 Å². The maximum atomic E-state index is 12.6. The molecule has 0 spiro atoms. The number of fused-ring (bicyclic) bond motifs is 1. The van der Waals surface area contributed by atoms with Crippen LogP contribution in [0, 0.1) is 5.92 Å². The van der Waals surface area contributed by atoms with Crippen LogP contribution in [0.4, 0.5) is 0 Å². The number of benzene rings is 1. The molecule has 2 fully saturated rings. The highest BCUT2D eigenvalue weighted by Crippen LogP contribution is 2.34. The Morgan fingerprint density at radius 1 is 1.21 bits per heavy atom. The van der Waals surface area contributed by atoms with Crippen molar-refractivity contribution >= 4 is 33.4 Å².